The fourth-order valence-electron chi connectivity index (χ4n) is 3.10. The van der Waals surface area contributed by atoms with Crippen molar-refractivity contribution >= 4 is 23.5 Å². The minimum absolute atomic E-state index is 0.156. The first-order chi connectivity index (χ1) is 14.0. The van der Waals surface area contributed by atoms with E-state index < -0.39 is 24.5 Å². The molecule has 2 aromatic rings. The van der Waals surface area contributed by atoms with Gasteiger partial charge in [0, 0.05) is 17.8 Å². The van der Waals surface area contributed by atoms with E-state index in [4.69, 9.17) is 14.6 Å². The lowest BCUT2D eigenvalue weighted by Gasteiger charge is -2.17. The van der Waals surface area contributed by atoms with Crippen LogP contribution < -0.4 is 19.7 Å². The van der Waals surface area contributed by atoms with Crippen LogP contribution in [0.25, 0.3) is 0 Å². The van der Waals surface area contributed by atoms with E-state index in [1.54, 1.807) is 11.8 Å². The number of carbonyl (C=O) groups excluding carboxylic acids is 2. The van der Waals surface area contributed by atoms with Crippen molar-refractivity contribution < 1.29 is 29.0 Å². The topological polar surface area (TPSA) is 105 Å². The number of aliphatic carboxylic acids is 1. The van der Waals surface area contributed by atoms with Crippen molar-refractivity contribution in [1.29, 1.82) is 0 Å². The highest BCUT2D eigenvalue weighted by atomic mass is 16.5. The van der Waals surface area contributed by atoms with Crippen LogP contribution in [0.3, 0.4) is 0 Å². The molecular weight excluding hydrogens is 376 g/mol. The Kier molecular flexibility index (Phi) is 6.33. The number of benzene rings is 2. The van der Waals surface area contributed by atoms with Crippen LogP contribution in [0.4, 0.5) is 5.69 Å². The van der Waals surface area contributed by atoms with Gasteiger partial charge in [0.2, 0.25) is 5.91 Å². The number of hydrogen-bond donors (Lipinski definition) is 2. The number of rotatable bonds is 8. The maximum atomic E-state index is 12.7. The molecule has 1 atom stereocenters. The molecule has 2 N–H and O–H groups in total. The molecule has 1 aliphatic heterocycles. The Morgan fingerprint density at radius 3 is 2.59 bits per heavy atom. The Hall–Kier alpha value is -3.55. The second kappa shape index (κ2) is 9.09. The molecule has 8 heteroatoms. The van der Waals surface area contributed by atoms with Crippen LogP contribution >= 0.6 is 0 Å². The smallest absolute Gasteiger partial charge is 0.341 e. The van der Waals surface area contributed by atoms with Gasteiger partial charge in [-0.25, -0.2) is 4.79 Å². The van der Waals surface area contributed by atoms with Crippen LogP contribution in [0.2, 0.25) is 0 Å². The first-order valence-corrected chi connectivity index (χ1v) is 9.28. The highest BCUT2D eigenvalue weighted by Gasteiger charge is 2.33. The van der Waals surface area contributed by atoms with E-state index in [1.807, 2.05) is 30.3 Å². The van der Waals surface area contributed by atoms with Gasteiger partial charge < -0.3 is 24.8 Å². The molecule has 1 fully saturated rings. The standard InChI is InChI=1S/C21H22N2O6/c1-2-28-18-12-14(8-9-17(18)29-13-19(24)25)20(26)22-16-10-11-23(21(16)27)15-6-4-3-5-7-15/h3-9,12,16H,2,10-11,13H2,1H3,(H,22,26)(H,24,25)/t16-/m0/s1. The van der Waals surface area contributed by atoms with Gasteiger partial charge >= 0.3 is 5.97 Å². The first kappa shape index (κ1) is 20.2. The van der Waals surface area contributed by atoms with Gasteiger partial charge in [-0.3, -0.25) is 9.59 Å². The molecule has 2 aromatic carbocycles. The quantitative estimate of drug-likeness (QED) is 0.705. The maximum absolute atomic E-state index is 12.7. The van der Waals surface area contributed by atoms with Crippen LogP contribution in [-0.4, -0.2) is 48.7 Å². The number of nitrogens with one attached hydrogen (secondary N) is 1. The Morgan fingerprint density at radius 2 is 1.90 bits per heavy atom. The zero-order chi connectivity index (χ0) is 20.8. The average molecular weight is 398 g/mol. The van der Waals surface area contributed by atoms with Crippen molar-refractivity contribution in [3.63, 3.8) is 0 Å². The Morgan fingerprint density at radius 1 is 1.14 bits per heavy atom. The van der Waals surface area contributed by atoms with E-state index in [-0.39, 0.29) is 17.4 Å². The lowest BCUT2D eigenvalue weighted by Crippen LogP contribution is -2.41. The zero-order valence-corrected chi connectivity index (χ0v) is 16.0. The molecule has 1 heterocycles. The lowest BCUT2D eigenvalue weighted by molar-refractivity contribution is -0.139. The van der Waals surface area contributed by atoms with Gasteiger partial charge in [-0.15, -0.1) is 0 Å². The van der Waals surface area contributed by atoms with Crippen molar-refractivity contribution in [2.75, 3.05) is 24.7 Å². The molecule has 8 nitrogen and oxygen atoms in total. The number of ether oxygens (including phenoxy) is 2. The summed E-state index contributed by atoms with van der Waals surface area (Å²) in [4.78, 5) is 37.7. The van der Waals surface area contributed by atoms with Gasteiger partial charge in [0.15, 0.2) is 18.1 Å². The number of amides is 2. The largest absolute Gasteiger partial charge is 0.490 e. The third-order valence-corrected chi connectivity index (χ3v) is 4.44. The molecule has 0 bridgehead atoms. The van der Waals surface area contributed by atoms with Crippen molar-refractivity contribution in [2.24, 2.45) is 0 Å². The number of anilines is 1. The van der Waals surface area contributed by atoms with Crippen LogP contribution in [0.5, 0.6) is 11.5 Å². The summed E-state index contributed by atoms with van der Waals surface area (Å²) in [7, 11) is 0. The molecule has 2 amide bonds. The molecule has 152 valence electrons. The van der Waals surface area contributed by atoms with E-state index in [0.717, 1.165) is 5.69 Å². The molecule has 1 saturated heterocycles. The molecule has 3 rings (SSSR count). The van der Waals surface area contributed by atoms with E-state index in [0.29, 0.717) is 25.1 Å². The van der Waals surface area contributed by atoms with E-state index in [2.05, 4.69) is 5.32 Å². The first-order valence-electron chi connectivity index (χ1n) is 9.28. The molecular formula is C21H22N2O6. The molecule has 0 unspecified atom stereocenters. The average Bonchev–Trinajstić information content (AvgIpc) is 3.08. The third-order valence-electron chi connectivity index (χ3n) is 4.44. The van der Waals surface area contributed by atoms with Crippen molar-refractivity contribution in [3.05, 3.63) is 54.1 Å². The molecule has 0 aromatic heterocycles. The number of hydrogen-bond acceptors (Lipinski definition) is 5. The second-order valence-corrected chi connectivity index (χ2v) is 6.42. The fourth-order valence-corrected chi connectivity index (χ4v) is 3.10. The Bertz CT molecular complexity index is 899. The minimum Gasteiger partial charge on any atom is -0.490 e. The monoisotopic (exact) mass is 398 g/mol. The summed E-state index contributed by atoms with van der Waals surface area (Å²) >= 11 is 0. The highest BCUT2D eigenvalue weighted by Crippen LogP contribution is 2.29. The van der Waals surface area contributed by atoms with Crippen LogP contribution in [0.15, 0.2) is 48.5 Å². The molecule has 0 radical (unpaired) electrons. The molecule has 1 aliphatic rings. The maximum Gasteiger partial charge on any atom is 0.341 e. The summed E-state index contributed by atoms with van der Waals surface area (Å²) in [5.74, 6) is -1.18. The van der Waals surface area contributed by atoms with Gasteiger partial charge in [0.25, 0.3) is 5.91 Å². The summed E-state index contributed by atoms with van der Waals surface area (Å²) in [5.41, 5.74) is 1.09. The van der Waals surface area contributed by atoms with Crippen LogP contribution in [-0.2, 0) is 9.59 Å². The molecule has 0 spiro atoms. The van der Waals surface area contributed by atoms with Gasteiger partial charge in [-0.1, -0.05) is 18.2 Å². The molecule has 0 saturated carbocycles. The van der Waals surface area contributed by atoms with E-state index in [1.165, 1.54) is 18.2 Å². The predicted octanol–water partition coefficient (Wildman–Crippen LogP) is 2.08. The lowest BCUT2D eigenvalue weighted by atomic mass is 10.1. The molecule has 0 aliphatic carbocycles. The zero-order valence-electron chi connectivity index (χ0n) is 16.0. The third kappa shape index (κ3) is 4.84. The van der Waals surface area contributed by atoms with Gasteiger partial charge in [-0.2, -0.15) is 0 Å². The predicted molar refractivity (Wildman–Crippen MR) is 105 cm³/mol. The fraction of sp³-hybridized carbons (Fsp3) is 0.286. The number of nitrogens with zero attached hydrogens (tertiary/aromatic N) is 1. The van der Waals surface area contributed by atoms with Crippen molar-refractivity contribution in [3.8, 4) is 11.5 Å². The van der Waals surface area contributed by atoms with Gasteiger partial charge in [0.1, 0.15) is 6.04 Å². The van der Waals surface area contributed by atoms with Crippen LogP contribution in [0.1, 0.15) is 23.7 Å². The summed E-state index contributed by atoms with van der Waals surface area (Å²) in [5, 5.41) is 11.5. The van der Waals surface area contributed by atoms with E-state index in [9.17, 15) is 14.4 Å². The Balaban J connectivity index is 1.69. The molecule has 29 heavy (non-hydrogen) atoms. The second-order valence-electron chi connectivity index (χ2n) is 6.42. The van der Waals surface area contributed by atoms with Gasteiger partial charge in [0.05, 0.1) is 6.61 Å². The summed E-state index contributed by atoms with van der Waals surface area (Å²) in [6.07, 6.45) is 0.511. The minimum atomic E-state index is -1.11. The number of carboxylic acids is 1. The summed E-state index contributed by atoms with van der Waals surface area (Å²) in [6.45, 7) is 2.10. The summed E-state index contributed by atoms with van der Waals surface area (Å²) < 4.78 is 10.6. The van der Waals surface area contributed by atoms with Gasteiger partial charge in [-0.05, 0) is 43.7 Å². The normalized spacial score (nSPS) is 15.8. The highest BCUT2D eigenvalue weighted by molar-refractivity contribution is 6.04. The number of carbonyl (C=O) groups is 3. The van der Waals surface area contributed by atoms with E-state index >= 15 is 0 Å². The number of para-hydroxylation sites is 1. The SMILES string of the molecule is CCOc1cc(C(=O)N[C@H]2CCN(c3ccccc3)C2=O)ccc1OCC(=O)O. The van der Waals surface area contributed by atoms with Crippen LogP contribution in [0, 0.1) is 0 Å². The Labute approximate surface area is 168 Å². The van der Waals surface area contributed by atoms with Crippen molar-refractivity contribution in [1.82, 2.24) is 5.32 Å². The number of carboxylic acid groups (broad SMARTS) is 1. The van der Waals surface area contributed by atoms with Crippen molar-refractivity contribution in [2.45, 2.75) is 19.4 Å². The summed E-state index contributed by atoms with van der Waals surface area (Å²) in [6, 6.07) is 13.2.